The molecule has 25 heavy (non-hydrogen) atoms. The minimum atomic E-state index is -0.176. The highest BCUT2D eigenvalue weighted by Crippen LogP contribution is 2.22. The van der Waals surface area contributed by atoms with Crippen molar-refractivity contribution in [3.8, 4) is 0 Å². The Morgan fingerprint density at radius 1 is 0.840 bits per heavy atom. The quantitative estimate of drug-likeness (QED) is 0.804. The average molecular weight is 329 g/mol. The minimum Gasteiger partial charge on any atom is -0.330 e. The third-order valence-corrected chi connectivity index (χ3v) is 4.07. The normalized spacial score (nSPS) is 17.8. The lowest BCUT2D eigenvalue weighted by atomic mass is 9.94. The van der Waals surface area contributed by atoms with Crippen LogP contribution in [0, 0.1) is 0 Å². The molecule has 1 saturated heterocycles. The molecule has 0 saturated carbocycles. The maximum Gasteiger partial charge on any atom is 0.246 e. The van der Waals surface area contributed by atoms with E-state index < -0.39 is 0 Å². The predicted molar refractivity (Wildman–Crippen MR) is 101 cm³/mol. The Morgan fingerprint density at radius 3 is 1.68 bits per heavy atom. The third kappa shape index (κ3) is 4.01. The molecule has 1 heterocycles. The van der Waals surface area contributed by atoms with Gasteiger partial charge in [0.15, 0.2) is 5.78 Å². The van der Waals surface area contributed by atoms with Crippen LogP contribution in [0.5, 0.6) is 0 Å². The summed E-state index contributed by atoms with van der Waals surface area (Å²) < 4.78 is 0. The second kappa shape index (κ2) is 7.58. The molecule has 1 fully saturated rings. The lowest BCUT2D eigenvalue weighted by Crippen LogP contribution is -2.40. The molecule has 3 heteroatoms. The van der Waals surface area contributed by atoms with E-state index in [0.717, 1.165) is 11.1 Å². The Labute approximate surface area is 147 Å². The summed E-state index contributed by atoms with van der Waals surface area (Å²) >= 11 is 0. The molecule has 2 aromatic rings. The number of hydrogen-bond donors (Lipinski definition) is 0. The molecule has 0 unspecified atom stereocenters. The van der Waals surface area contributed by atoms with E-state index in [-0.39, 0.29) is 11.7 Å². The summed E-state index contributed by atoms with van der Waals surface area (Å²) in [7, 11) is 0. The van der Waals surface area contributed by atoms with Gasteiger partial charge in [-0.2, -0.15) is 0 Å². The van der Waals surface area contributed by atoms with Crippen LogP contribution in [0.1, 0.15) is 11.1 Å². The topological polar surface area (TPSA) is 37.4 Å². The number of benzene rings is 2. The van der Waals surface area contributed by atoms with Crippen molar-refractivity contribution in [3.05, 3.63) is 95.6 Å². The second-order valence-electron chi connectivity index (χ2n) is 5.89. The number of Topliss-reactive ketones (excluding diaryl/α,β-unsaturated/α-hetero) is 1. The van der Waals surface area contributed by atoms with Gasteiger partial charge in [-0.05, 0) is 29.4 Å². The van der Waals surface area contributed by atoms with E-state index in [1.165, 1.54) is 6.08 Å². The van der Waals surface area contributed by atoms with Crippen LogP contribution in [0.15, 0.2) is 84.5 Å². The molecule has 3 rings (SSSR count). The van der Waals surface area contributed by atoms with Crippen molar-refractivity contribution in [2.75, 3.05) is 13.1 Å². The molecule has 0 spiro atoms. The first kappa shape index (κ1) is 16.7. The molecule has 0 radical (unpaired) electrons. The third-order valence-electron chi connectivity index (χ3n) is 4.07. The molecule has 124 valence electrons. The molecular weight excluding hydrogens is 310 g/mol. The highest BCUT2D eigenvalue weighted by molar-refractivity contribution is 6.15. The molecule has 1 amide bonds. The van der Waals surface area contributed by atoms with E-state index in [4.69, 9.17) is 0 Å². The number of likely N-dealkylation sites (tertiary alicyclic amines) is 1. The number of rotatable bonds is 3. The zero-order valence-corrected chi connectivity index (χ0v) is 13.9. The molecule has 0 bridgehead atoms. The minimum absolute atomic E-state index is 0.0131. The fraction of sp³-hybridized carbons (Fsp3) is 0.0909. The van der Waals surface area contributed by atoms with Crippen molar-refractivity contribution in [1.29, 1.82) is 0 Å². The van der Waals surface area contributed by atoms with Gasteiger partial charge in [0.25, 0.3) is 0 Å². The van der Waals surface area contributed by atoms with Gasteiger partial charge < -0.3 is 4.90 Å². The van der Waals surface area contributed by atoms with Crippen molar-refractivity contribution in [1.82, 2.24) is 4.90 Å². The van der Waals surface area contributed by atoms with Crippen LogP contribution in [0.3, 0.4) is 0 Å². The molecule has 1 aliphatic heterocycles. The van der Waals surface area contributed by atoms with Crippen LogP contribution in [-0.2, 0) is 9.59 Å². The summed E-state index contributed by atoms with van der Waals surface area (Å²) in [4.78, 5) is 26.6. The van der Waals surface area contributed by atoms with E-state index >= 15 is 0 Å². The van der Waals surface area contributed by atoms with Crippen LogP contribution in [0.4, 0.5) is 0 Å². The van der Waals surface area contributed by atoms with Crippen LogP contribution in [0.2, 0.25) is 0 Å². The van der Waals surface area contributed by atoms with E-state index in [1.54, 1.807) is 4.90 Å². The highest BCUT2D eigenvalue weighted by Gasteiger charge is 2.27. The standard InChI is InChI=1S/C22H19NO2/c1-2-21(24)23-15-19(13-17-9-5-3-6-10-17)22(25)20(16-23)14-18-11-7-4-8-12-18/h2-14H,1,15-16H2/b19-13+,20-14+. The smallest absolute Gasteiger partial charge is 0.246 e. The van der Waals surface area contributed by atoms with Gasteiger partial charge in [0.2, 0.25) is 5.91 Å². The summed E-state index contributed by atoms with van der Waals surface area (Å²) in [6.07, 6.45) is 4.99. The van der Waals surface area contributed by atoms with E-state index in [9.17, 15) is 9.59 Å². The Hall–Kier alpha value is -3.20. The largest absolute Gasteiger partial charge is 0.330 e. The Balaban J connectivity index is 1.99. The maximum absolute atomic E-state index is 12.9. The first-order valence-corrected chi connectivity index (χ1v) is 8.14. The van der Waals surface area contributed by atoms with Crippen LogP contribution < -0.4 is 0 Å². The number of hydrogen-bond acceptors (Lipinski definition) is 2. The summed E-state index contributed by atoms with van der Waals surface area (Å²) in [5, 5.41) is 0. The van der Waals surface area contributed by atoms with Gasteiger partial charge in [0.1, 0.15) is 0 Å². The van der Waals surface area contributed by atoms with Crippen molar-refractivity contribution < 1.29 is 9.59 Å². The summed E-state index contributed by atoms with van der Waals surface area (Å²) in [6.45, 7) is 4.15. The van der Waals surface area contributed by atoms with Crippen molar-refractivity contribution in [2.24, 2.45) is 0 Å². The summed E-state index contributed by atoms with van der Waals surface area (Å²) in [5.74, 6) is -0.189. The molecule has 0 aromatic heterocycles. The van der Waals surface area contributed by atoms with Gasteiger partial charge in [-0.1, -0.05) is 67.2 Å². The number of nitrogens with zero attached hydrogens (tertiary/aromatic N) is 1. The second-order valence-corrected chi connectivity index (χ2v) is 5.89. The van der Waals surface area contributed by atoms with Crippen molar-refractivity contribution in [2.45, 2.75) is 0 Å². The van der Waals surface area contributed by atoms with Gasteiger partial charge in [-0.15, -0.1) is 0 Å². The van der Waals surface area contributed by atoms with Gasteiger partial charge >= 0.3 is 0 Å². The first-order valence-electron chi connectivity index (χ1n) is 8.14. The summed E-state index contributed by atoms with van der Waals surface area (Å²) in [6, 6.07) is 19.3. The average Bonchev–Trinajstić information content (AvgIpc) is 2.66. The number of carbonyl (C=O) groups excluding carboxylic acids is 2. The van der Waals surface area contributed by atoms with Crippen molar-refractivity contribution in [3.63, 3.8) is 0 Å². The van der Waals surface area contributed by atoms with Crippen molar-refractivity contribution >= 4 is 23.8 Å². The summed E-state index contributed by atoms with van der Waals surface area (Å²) in [5.41, 5.74) is 3.10. The van der Waals surface area contributed by atoms with Crippen LogP contribution in [-0.4, -0.2) is 29.7 Å². The Morgan fingerprint density at radius 2 is 1.28 bits per heavy atom. The molecule has 1 aliphatic rings. The van der Waals surface area contributed by atoms with E-state index in [0.29, 0.717) is 24.2 Å². The fourth-order valence-electron chi connectivity index (χ4n) is 2.83. The van der Waals surface area contributed by atoms with Gasteiger partial charge in [-0.3, -0.25) is 9.59 Å². The fourth-order valence-corrected chi connectivity index (χ4v) is 2.83. The molecular formula is C22H19NO2. The van der Waals surface area contributed by atoms with Gasteiger partial charge in [-0.25, -0.2) is 0 Å². The Kier molecular flexibility index (Phi) is 5.05. The molecule has 0 N–H and O–H groups in total. The number of amides is 1. The zero-order chi connectivity index (χ0) is 17.6. The predicted octanol–water partition coefficient (Wildman–Crippen LogP) is 3.75. The van der Waals surface area contributed by atoms with Crippen LogP contribution in [0.25, 0.3) is 12.2 Å². The zero-order valence-electron chi connectivity index (χ0n) is 13.9. The molecule has 0 atom stereocenters. The highest BCUT2D eigenvalue weighted by atomic mass is 16.2. The first-order chi connectivity index (χ1) is 12.2. The maximum atomic E-state index is 12.9. The lowest BCUT2D eigenvalue weighted by Gasteiger charge is -2.29. The van der Waals surface area contributed by atoms with Crippen LogP contribution >= 0.6 is 0 Å². The number of carbonyl (C=O) groups is 2. The number of ketones is 1. The molecule has 2 aromatic carbocycles. The van der Waals surface area contributed by atoms with E-state index in [2.05, 4.69) is 6.58 Å². The van der Waals surface area contributed by atoms with E-state index in [1.807, 2.05) is 72.8 Å². The number of piperidine rings is 1. The molecule has 0 aliphatic carbocycles. The molecule has 3 nitrogen and oxygen atoms in total. The van der Waals surface area contributed by atoms with Gasteiger partial charge in [0, 0.05) is 11.1 Å². The lowest BCUT2D eigenvalue weighted by molar-refractivity contribution is -0.126. The SMILES string of the molecule is C=CC(=O)N1C/C(=C\c2ccccc2)C(=O)/C(=C/c2ccccc2)C1. The monoisotopic (exact) mass is 329 g/mol. The van der Waals surface area contributed by atoms with Gasteiger partial charge in [0.05, 0.1) is 13.1 Å². The Bertz CT molecular complexity index is 787.